The van der Waals surface area contributed by atoms with Crippen molar-refractivity contribution in [3.8, 4) is 0 Å². The molecule has 1 rings (SSSR count). The first-order valence-corrected chi connectivity index (χ1v) is 5.15. The lowest BCUT2D eigenvalue weighted by Gasteiger charge is -2.17. The Morgan fingerprint density at radius 1 is 1.40 bits per heavy atom. The van der Waals surface area contributed by atoms with Gasteiger partial charge in [0.05, 0.1) is 6.10 Å². The highest BCUT2D eigenvalue weighted by atomic mass is 19.1. The van der Waals surface area contributed by atoms with E-state index in [4.69, 9.17) is 4.74 Å². The van der Waals surface area contributed by atoms with Gasteiger partial charge in [0.2, 0.25) is 0 Å². The molecule has 0 aliphatic rings. The fraction of sp³-hybridized carbons (Fsp3) is 0.500. The Hall–Kier alpha value is -0.930. The van der Waals surface area contributed by atoms with Crippen LogP contribution in [0, 0.1) is 5.82 Å². The van der Waals surface area contributed by atoms with Gasteiger partial charge in [-0.25, -0.2) is 4.39 Å². The molecule has 15 heavy (non-hydrogen) atoms. The predicted octanol–water partition coefficient (Wildman–Crippen LogP) is 2.51. The van der Waals surface area contributed by atoms with Gasteiger partial charge in [-0.05, 0) is 31.5 Å². The van der Waals surface area contributed by atoms with Crippen molar-refractivity contribution in [1.29, 1.82) is 0 Å². The summed E-state index contributed by atoms with van der Waals surface area (Å²) in [5.41, 5.74) is 0.957. The zero-order valence-electron chi connectivity index (χ0n) is 9.46. The van der Waals surface area contributed by atoms with E-state index in [1.165, 1.54) is 6.07 Å². The molecule has 3 heteroatoms. The maximum absolute atomic E-state index is 12.9. The number of halogens is 1. The number of nitrogens with one attached hydrogen (secondary N) is 1. The maximum Gasteiger partial charge on any atom is 0.123 e. The van der Waals surface area contributed by atoms with Crippen molar-refractivity contribution in [2.24, 2.45) is 0 Å². The van der Waals surface area contributed by atoms with Crippen molar-refractivity contribution in [1.82, 2.24) is 5.32 Å². The Morgan fingerprint density at radius 2 is 2.13 bits per heavy atom. The lowest BCUT2D eigenvalue weighted by Crippen LogP contribution is -2.28. The second-order valence-corrected chi connectivity index (χ2v) is 3.73. The average molecular weight is 211 g/mol. The second-order valence-electron chi connectivity index (χ2n) is 3.73. The number of rotatable bonds is 5. The van der Waals surface area contributed by atoms with Crippen molar-refractivity contribution in [2.75, 3.05) is 13.7 Å². The van der Waals surface area contributed by atoms with E-state index < -0.39 is 0 Å². The number of benzene rings is 1. The number of methoxy groups -OCH3 is 1. The molecule has 1 aromatic carbocycles. The van der Waals surface area contributed by atoms with Gasteiger partial charge in [0.25, 0.3) is 0 Å². The molecule has 0 heterocycles. The Morgan fingerprint density at radius 3 is 2.73 bits per heavy atom. The minimum atomic E-state index is -0.194. The molecule has 0 saturated heterocycles. The van der Waals surface area contributed by atoms with Gasteiger partial charge >= 0.3 is 0 Å². The predicted molar refractivity (Wildman–Crippen MR) is 59.3 cm³/mol. The molecule has 0 bridgehead atoms. The smallest absolute Gasteiger partial charge is 0.123 e. The largest absolute Gasteiger partial charge is 0.380 e. The SMILES string of the molecule is COC(C)CN[C@@H](C)c1cccc(F)c1. The highest BCUT2D eigenvalue weighted by molar-refractivity contribution is 5.19. The van der Waals surface area contributed by atoms with E-state index in [0.717, 1.165) is 12.1 Å². The third kappa shape index (κ3) is 3.98. The van der Waals surface area contributed by atoms with Gasteiger partial charge in [-0.3, -0.25) is 0 Å². The summed E-state index contributed by atoms with van der Waals surface area (Å²) in [5.74, 6) is -0.194. The molecule has 2 atom stereocenters. The minimum Gasteiger partial charge on any atom is -0.380 e. The Labute approximate surface area is 90.4 Å². The average Bonchev–Trinajstić information content (AvgIpc) is 2.25. The van der Waals surface area contributed by atoms with Crippen molar-refractivity contribution in [2.45, 2.75) is 26.0 Å². The molecular weight excluding hydrogens is 193 g/mol. The van der Waals surface area contributed by atoms with Crippen LogP contribution in [0.3, 0.4) is 0 Å². The van der Waals surface area contributed by atoms with Crippen LogP contribution >= 0.6 is 0 Å². The van der Waals surface area contributed by atoms with E-state index in [2.05, 4.69) is 5.32 Å². The maximum atomic E-state index is 12.9. The summed E-state index contributed by atoms with van der Waals surface area (Å²) in [7, 11) is 1.68. The van der Waals surface area contributed by atoms with Gasteiger partial charge in [-0.2, -0.15) is 0 Å². The van der Waals surface area contributed by atoms with E-state index in [1.807, 2.05) is 19.9 Å². The van der Waals surface area contributed by atoms with Crippen LogP contribution in [-0.4, -0.2) is 19.8 Å². The van der Waals surface area contributed by atoms with Crippen molar-refractivity contribution in [3.63, 3.8) is 0 Å². The topological polar surface area (TPSA) is 21.3 Å². The van der Waals surface area contributed by atoms with Crippen LogP contribution in [0.2, 0.25) is 0 Å². The normalized spacial score (nSPS) is 14.9. The van der Waals surface area contributed by atoms with Crippen LogP contribution in [0.1, 0.15) is 25.5 Å². The van der Waals surface area contributed by atoms with E-state index in [0.29, 0.717) is 0 Å². The monoisotopic (exact) mass is 211 g/mol. The molecule has 0 aliphatic heterocycles. The van der Waals surface area contributed by atoms with Crippen LogP contribution in [0.25, 0.3) is 0 Å². The molecule has 2 nitrogen and oxygen atoms in total. The molecule has 1 aromatic rings. The zero-order chi connectivity index (χ0) is 11.3. The van der Waals surface area contributed by atoms with Gasteiger partial charge in [-0.1, -0.05) is 12.1 Å². The van der Waals surface area contributed by atoms with E-state index in [9.17, 15) is 4.39 Å². The van der Waals surface area contributed by atoms with Gasteiger partial charge in [-0.15, -0.1) is 0 Å². The van der Waals surface area contributed by atoms with Crippen molar-refractivity contribution < 1.29 is 9.13 Å². The highest BCUT2D eigenvalue weighted by Gasteiger charge is 2.07. The minimum absolute atomic E-state index is 0.137. The quantitative estimate of drug-likeness (QED) is 0.808. The van der Waals surface area contributed by atoms with Gasteiger partial charge in [0.1, 0.15) is 5.82 Å². The molecule has 0 aliphatic carbocycles. The summed E-state index contributed by atoms with van der Waals surface area (Å²) in [6.07, 6.45) is 0.168. The Balaban J connectivity index is 2.50. The lowest BCUT2D eigenvalue weighted by atomic mass is 10.1. The first-order valence-electron chi connectivity index (χ1n) is 5.15. The molecular formula is C12H18FNO. The van der Waals surface area contributed by atoms with Crippen LogP contribution in [0.4, 0.5) is 4.39 Å². The highest BCUT2D eigenvalue weighted by Crippen LogP contribution is 2.13. The molecule has 0 radical (unpaired) electrons. The standard InChI is InChI=1S/C12H18FNO/c1-9(15-3)8-14-10(2)11-5-4-6-12(13)7-11/h4-7,9-10,14H,8H2,1-3H3/t9?,10-/m0/s1. The van der Waals surface area contributed by atoms with Crippen LogP contribution in [0.5, 0.6) is 0 Å². The molecule has 0 fully saturated rings. The summed E-state index contributed by atoms with van der Waals surface area (Å²) < 4.78 is 18.1. The third-order valence-electron chi connectivity index (χ3n) is 2.46. The lowest BCUT2D eigenvalue weighted by molar-refractivity contribution is 0.115. The molecule has 1 unspecified atom stereocenters. The fourth-order valence-electron chi connectivity index (χ4n) is 1.32. The zero-order valence-corrected chi connectivity index (χ0v) is 9.46. The molecule has 0 amide bonds. The number of hydrogen-bond donors (Lipinski definition) is 1. The molecule has 0 spiro atoms. The third-order valence-corrected chi connectivity index (χ3v) is 2.46. The first kappa shape index (κ1) is 12.1. The molecule has 0 aromatic heterocycles. The molecule has 1 N–H and O–H groups in total. The van der Waals surface area contributed by atoms with E-state index in [1.54, 1.807) is 19.2 Å². The van der Waals surface area contributed by atoms with E-state index in [-0.39, 0.29) is 18.0 Å². The van der Waals surface area contributed by atoms with Gasteiger partial charge in [0, 0.05) is 19.7 Å². The summed E-state index contributed by atoms with van der Waals surface area (Å²) in [4.78, 5) is 0. The second kappa shape index (κ2) is 5.83. The van der Waals surface area contributed by atoms with Crippen molar-refractivity contribution >= 4 is 0 Å². The number of hydrogen-bond acceptors (Lipinski definition) is 2. The summed E-state index contributed by atoms with van der Waals surface area (Å²) in [6.45, 7) is 4.76. The Bertz CT molecular complexity index is 303. The first-order chi connectivity index (χ1) is 7.13. The summed E-state index contributed by atoms with van der Waals surface area (Å²) in [6, 6.07) is 6.78. The fourth-order valence-corrected chi connectivity index (χ4v) is 1.32. The van der Waals surface area contributed by atoms with Crippen LogP contribution in [-0.2, 0) is 4.74 Å². The van der Waals surface area contributed by atoms with Crippen LogP contribution in [0.15, 0.2) is 24.3 Å². The Kier molecular flexibility index (Phi) is 4.72. The van der Waals surface area contributed by atoms with Crippen molar-refractivity contribution in [3.05, 3.63) is 35.6 Å². The molecule has 0 saturated carbocycles. The van der Waals surface area contributed by atoms with Crippen LogP contribution < -0.4 is 5.32 Å². The van der Waals surface area contributed by atoms with Gasteiger partial charge < -0.3 is 10.1 Å². The van der Waals surface area contributed by atoms with E-state index >= 15 is 0 Å². The molecule has 84 valence electrons. The summed E-state index contributed by atoms with van der Waals surface area (Å²) >= 11 is 0. The number of ether oxygens (including phenoxy) is 1. The van der Waals surface area contributed by atoms with Gasteiger partial charge in [0.15, 0.2) is 0 Å². The summed E-state index contributed by atoms with van der Waals surface area (Å²) in [5, 5.41) is 3.29.